The average Bonchev–Trinajstić information content (AvgIpc) is 3.40. The molecule has 1 aromatic heterocycles. The minimum Gasteiger partial charge on any atom is -0.497 e. The number of rotatable bonds is 11. The second-order valence-electron chi connectivity index (χ2n) is 8.26. The number of carbonyl (C=O) groups excluding carboxylic acids is 3. The predicted molar refractivity (Wildman–Crippen MR) is 131 cm³/mol. The second-order valence-corrected chi connectivity index (χ2v) is 9.21. The number of hydrogen-bond acceptors (Lipinski definition) is 6. The van der Waals surface area contributed by atoms with Gasteiger partial charge in [0.25, 0.3) is 5.91 Å². The molecule has 9 heteroatoms. The Hall–Kier alpha value is -2.91. The smallest absolute Gasteiger partial charge is 0.261 e. The van der Waals surface area contributed by atoms with Crippen molar-refractivity contribution in [2.24, 2.45) is 0 Å². The van der Waals surface area contributed by atoms with Gasteiger partial charge < -0.3 is 25.0 Å². The highest BCUT2D eigenvalue weighted by molar-refractivity contribution is 7.12. The van der Waals surface area contributed by atoms with Crippen molar-refractivity contribution in [3.63, 3.8) is 0 Å². The van der Waals surface area contributed by atoms with E-state index in [1.165, 1.54) is 22.7 Å². The van der Waals surface area contributed by atoms with Gasteiger partial charge in [-0.1, -0.05) is 37.5 Å². The molecule has 1 atom stereocenters. The minimum absolute atomic E-state index is 0.0901. The third-order valence-corrected chi connectivity index (χ3v) is 6.79. The molecule has 1 fully saturated rings. The lowest BCUT2D eigenvalue weighted by atomic mass is 9.94. The van der Waals surface area contributed by atoms with Crippen LogP contribution in [0.2, 0.25) is 0 Å². The first kappa shape index (κ1) is 25.7. The van der Waals surface area contributed by atoms with Crippen LogP contribution in [0, 0.1) is 0 Å². The fraction of sp³-hybridized carbons (Fsp3) is 0.480. The van der Waals surface area contributed by atoms with E-state index in [1.807, 2.05) is 6.07 Å². The highest BCUT2D eigenvalue weighted by Gasteiger charge is 2.33. The zero-order valence-corrected chi connectivity index (χ0v) is 20.6. The van der Waals surface area contributed by atoms with E-state index in [4.69, 9.17) is 9.47 Å². The summed E-state index contributed by atoms with van der Waals surface area (Å²) in [7, 11) is 3.11. The van der Waals surface area contributed by atoms with Crippen molar-refractivity contribution in [3.05, 3.63) is 52.2 Å². The molecule has 0 bridgehead atoms. The number of methoxy groups -OCH3 is 2. The second kappa shape index (κ2) is 13.1. The van der Waals surface area contributed by atoms with Crippen molar-refractivity contribution in [3.8, 4) is 5.75 Å². The van der Waals surface area contributed by atoms with E-state index >= 15 is 0 Å². The molecule has 1 aromatic carbocycles. The Kier molecular flexibility index (Phi) is 9.90. The van der Waals surface area contributed by atoms with Crippen LogP contribution < -0.4 is 15.4 Å². The van der Waals surface area contributed by atoms with E-state index in [-0.39, 0.29) is 43.5 Å². The maximum absolute atomic E-state index is 13.6. The Morgan fingerprint density at radius 1 is 1.12 bits per heavy atom. The molecule has 0 spiro atoms. The lowest BCUT2D eigenvalue weighted by Crippen LogP contribution is -2.50. The largest absolute Gasteiger partial charge is 0.497 e. The molecule has 0 aliphatic heterocycles. The SMILES string of the molecule is COCCN(C(=O)CNC(=O)c1cccs1)C(C(=O)NC1CCCCC1)c1cccc(OC)c1. The van der Waals surface area contributed by atoms with Gasteiger partial charge in [0.2, 0.25) is 11.8 Å². The van der Waals surface area contributed by atoms with Crippen LogP contribution >= 0.6 is 11.3 Å². The minimum atomic E-state index is -0.877. The van der Waals surface area contributed by atoms with E-state index in [1.54, 1.807) is 49.9 Å². The molecule has 0 saturated heterocycles. The number of amides is 3. The van der Waals surface area contributed by atoms with E-state index in [0.29, 0.717) is 16.2 Å². The molecule has 3 rings (SSSR count). The number of thiophene rings is 1. The molecule has 2 aromatic rings. The molecular weight excluding hydrogens is 454 g/mol. The normalized spacial score (nSPS) is 14.8. The Morgan fingerprint density at radius 2 is 1.91 bits per heavy atom. The van der Waals surface area contributed by atoms with E-state index < -0.39 is 6.04 Å². The Labute approximate surface area is 204 Å². The molecule has 0 radical (unpaired) electrons. The van der Waals surface area contributed by atoms with Crippen molar-refractivity contribution >= 4 is 29.1 Å². The number of carbonyl (C=O) groups is 3. The molecule has 34 heavy (non-hydrogen) atoms. The lowest BCUT2D eigenvalue weighted by molar-refractivity contribution is -0.141. The summed E-state index contributed by atoms with van der Waals surface area (Å²) in [6, 6.07) is 9.86. The van der Waals surface area contributed by atoms with Gasteiger partial charge in [0.05, 0.1) is 25.1 Å². The first-order valence-electron chi connectivity index (χ1n) is 11.6. The molecule has 1 aliphatic carbocycles. The number of nitrogens with zero attached hydrogens (tertiary/aromatic N) is 1. The molecule has 3 amide bonds. The summed E-state index contributed by atoms with van der Waals surface area (Å²) < 4.78 is 10.6. The van der Waals surface area contributed by atoms with Gasteiger partial charge in [-0.2, -0.15) is 0 Å². The van der Waals surface area contributed by atoms with Crippen molar-refractivity contribution in [2.45, 2.75) is 44.2 Å². The van der Waals surface area contributed by atoms with Crippen molar-refractivity contribution in [1.29, 1.82) is 0 Å². The first-order valence-corrected chi connectivity index (χ1v) is 12.5. The zero-order valence-electron chi connectivity index (χ0n) is 19.7. The molecule has 184 valence electrons. The Bertz CT molecular complexity index is 944. The molecule has 8 nitrogen and oxygen atoms in total. The Balaban J connectivity index is 1.84. The number of ether oxygens (including phenoxy) is 2. The van der Waals surface area contributed by atoms with Gasteiger partial charge in [-0.15, -0.1) is 11.3 Å². The summed E-state index contributed by atoms with van der Waals surface area (Å²) in [5, 5.41) is 7.63. The zero-order chi connectivity index (χ0) is 24.3. The highest BCUT2D eigenvalue weighted by Crippen LogP contribution is 2.26. The number of nitrogens with one attached hydrogen (secondary N) is 2. The van der Waals surface area contributed by atoms with E-state index in [9.17, 15) is 14.4 Å². The van der Waals surface area contributed by atoms with Crippen LogP contribution in [0.4, 0.5) is 0 Å². The molecule has 1 aliphatic rings. The molecule has 1 saturated carbocycles. The fourth-order valence-electron chi connectivity index (χ4n) is 4.15. The van der Waals surface area contributed by atoms with Gasteiger partial charge >= 0.3 is 0 Å². The van der Waals surface area contributed by atoms with Crippen LogP contribution in [0.15, 0.2) is 41.8 Å². The summed E-state index contributed by atoms with van der Waals surface area (Å²) in [5.74, 6) is -0.333. The Morgan fingerprint density at radius 3 is 2.59 bits per heavy atom. The number of benzene rings is 1. The summed E-state index contributed by atoms with van der Waals surface area (Å²) in [5.41, 5.74) is 0.640. The quantitative estimate of drug-likeness (QED) is 0.508. The van der Waals surface area contributed by atoms with Gasteiger partial charge in [-0.05, 0) is 42.0 Å². The number of hydrogen-bond donors (Lipinski definition) is 2. The summed E-state index contributed by atoms with van der Waals surface area (Å²) in [6.07, 6.45) is 5.19. The fourth-order valence-corrected chi connectivity index (χ4v) is 4.79. The van der Waals surface area contributed by atoms with Crippen LogP contribution in [0.3, 0.4) is 0 Å². The summed E-state index contributed by atoms with van der Waals surface area (Å²) in [4.78, 5) is 41.3. The maximum Gasteiger partial charge on any atom is 0.261 e. The lowest BCUT2D eigenvalue weighted by Gasteiger charge is -2.33. The maximum atomic E-state index is 13.6. The van der Waals surface area contributed by atoms with Crippen LogP contribution in [0.5, 0.6) is 5.75 Å². The first-order chi connectivity index (χ1) is 16.5. The van der Waals surface area contributed by atoms with Gasteiger partial charge in [0.1, 0.15) is 11.8 Å². The van der Waals surface area contributed by atoms with Gasteiger partial charge in [0.15, 0.2) is 0 Å². The van der Waals surface area contributed by atoms with Crippen molar-refractivity contribution in [2.75, 3.05) is 33.9 Å². The molecule has 1 unspecified atom stereocenters. The molecule has 1 heterocycles. The molecular formula is C25H33N3O5S. The third kappa shape index (κ3) is 7.04. The van der Waals surface area contributed by atoms with Crippen LogP contribution in [-0.4, -0.2) is 62.6 Å². The van der Waals surface area contributed by atoms with Crippen LogP contribution in [-0.2, 0) is 14.3 Å². The monoisotopic (exact) mass is 487 g/mol. The third-order valence-electron chi connectivity index (χ3n) is 5.92. The van der Waals surface area contributed by atoms with Gasteiger partial charge in [-0.25, -0.2) is 0 Å². The van der Waals surface area contributed by atoms with Crippen molar-refractivity contribution in [1.82, 2.24) is 15.5 Å². The predicted octanol–water partition coefficient (Wildman–Crippen LogP) is 3.15. The summed E-state index contributed by atoms with van der Waals surface area (Å²) >= 11 is 1.30. The van der Waals surface area contributed by atoms with Gasteiger partial charge in [-0.3, -0.25) is 14.4 Å². The van der Waals surface area contributed by atoms with Crippen LogP contribution in [0.1, 0.15) is 53.4 Å². The average molecular weight is 488 g/mol. The van der Waals surface area contributed by atoms with Crippen LogP contribution in [0.25, 0.3) is 0 Å². The van der Waals surface area contributed by atoms with Gasteiger partial charge in [0, 0.05) is 19.7 Å². The topological polar surface area (TPSA) is 97.0 Å². The van der Waals surface area contributed by atoms with Crippen molar-refractivity contribution < 1.29 is 23.9 Å². The van der Waals surface area contributed by atoms with E-state index in [2.05, 4.69) is 10.6 Å². The summed E-state index contributed by atoms with van der Waals surface area (Å²) in [6.45, 7) is 0.226. The van der Waals surface area contributed by atoms with E-state index in [0.717, 1.165) is 25.7 Å². The standard InChI is InChI=1S/C25H33N3O5S/c1-32-14-13-28(22(29)17-26-24(30)21-12-7-15-34-21)23(18-8-6-11-20(16-18)33-2)25(31)27-19-9-4-3-5-10-19/h6-8,11-12,15-16,19,23H,3-5,9-10,13-14,17H2,1-2H3,(H,26,30)(H,27,31). The molecule has 2 N–H and O–H groups in total. The highest BCUT2D eigenvalue weighted by atomic mass is 32.1.